The fourth-order valence-corrected chi connectivity index (χ4v) is 3.06. The number of methoxy groups -OCH3 is 1. The first-order valence-electron chi connectivity index (χ1n) is 8.82. The van der Waals surface area contributed by atoms with E-state index in [4.69, 9.17) is 9.47 Å². The van der Waals surface area contributed by atoms with Gasteiger partial charge in [-0.05, 0) is 47.1 Å². The summed E-state index contributed by atoms with van der Waals surface area (Å²) in [6.07, 6.45) is 6.21. The molecule has 0 bridgehead atoms. The Morgan fingerprint density at radius 2 is 2.04 bits per heavy atom. The second kappa shape index (κ2) is 8.47. The van der Waals surface area contributed by atoms with Gasteiger partial charge >= 0.3 is 6.09 Å². The summed E-state index contributed by atoms with van der Waals surface area (Å²) in [6.45, 7) is 7.83. The van der Waals surface area contributed by atoms with Crippen LogP contribution in [0, 0.1) is 0 Å². The Morgan fingerprint density at radius 3 is 2.72 bits per heavy atom. The molecule has 0 N–H and O–H groups in total. The Labute approximate surface area is 150 Å². The minimum absolute atomic E-state index is 0.149. The highest BCUT2D eigenvalue weighted by molar-refractivity contribution is 5.68. The molecule has 0 radical (unpaired) electrons. The molecule has 1 saturated heterocycles. The molecule has 0 unspecified atom stereocenters. The third-order valence-corrected chi connectivity index (χ3v) is 4.13. The first kappa shape index (κ1) is 19.4. The van der Waals surface area contributed by atoms with Crippen molar-refractivity contribution in [3.63, 3.8) is 0 Å². The van der Waals surface area contributed by atoms with Crippen LogP contribution in [0.4, 0.5) is 4.79 Å². The summed E-state index contributed by atoms with van der Waals surface area (Å²) in [6, 6.07) is 0.149. The molecule has 140 valence electrons. The van der Waals surface area contributed by atoms with Crippen molar-refractivity contribution in [2.24, 2.45) is 0 Å². The second-order valence-corrected chi connectivity index (χ2v) is 7.53. The number of carbonyl (C=O) groups is 1. The fourth-order valence-electron chi connectivity index (χ4n) is 3.06. The average Bonchev–Trinajstić information content (AvgIpc) is 2.54. The van der Waals surface area contributed by atoms with Crippen molar-refractivity contribution in [2.45, 2.75) is 58.2 Å². The number of ether oxygens (including phenoxy) is 2. The molecule has 0 saturated carbocycles. The number of rotatable bonds is 5. The summed E-state index contributed by atoms with van der Waals surface area (Å²) in [4.78, 5) is 25.1. The van der Waals surface area contributed by atoms with E-state index < -0.39 is 5.60 Å². The average molecular weight is 350 g/mol. The van der Waals surface area contributed by atoms with Crippen LogP contribution in [-0.2, 0) is 11.3 Å². The number of piperidine rings is 1. The second-order valence-electron chi connectivity index (χ2n) is 7.53. The van der Waals surface area contributed by atoms with Crippen LogP contribution in [0.1, 0.15) is 45.7 Å². The summed E-state index contributed by atoms with van der Waals surface area (Å²) in [7, 11) is 3.62. The van der Waals surface area contributed by atoms with Gasteiger partial charge in [-0.15, -0.1) is 0 Å². The molecular weight excluding hydrogens is 320 g/mol. The highest BCUT2D eigenvalue weighted by Crippen LogP contribution is 2.22. The molecule has 2 rings (SSSR count). The van der Waals surface area contributed by atoms with Gasteiger partial charge in [-0.1, -0.05) is 0 Å². The lowest BCUT2D eigenvalue weighted by Crippen LogP contribution is -2.50. The van der Waals surface area contributed by atoms with Gasteiger partial charge in [0.2, 0.25) is 5.88 Å². The zero-order valence-corrected chi connectivity index (χ0v) is 16.0. The molecule has 1 atom stereocenters. The monoisotopic (exact) mass is 350 g/mol. The van der Waals surface area contributed by atoms with Gasteiger partial charge in [0.15, 0.2) is 0 Å². The summed E-state index contributed by atoms with van der Waals surface area (Å²) in [5, 5.41) is 0. The van der Waals surface area contributed by atoms with E-state index in [0.29, 0.717) is 12.4 Å². The Kier molecular flexibility index (Phi) is 6.58. The third-order valence-electron chi connectivity index (χ3n) is 4.13. The van der Waals surface area contributed by atoms with Crippen molar-refractivity contribution in [1.29, 1.82) is 0 Å². The summed E-state index contributed by atoms with van der Waals surface area (Å²) in [5.41, 5.74) is 0.324. The summed E-state index contributed by atoms with van der Waals surface area (Å²) in [5.74, 6) is 0.544. The maximum atomic E-state index is 12.5. The SMILES string of the molecule is COc1nccnc1CN(C)C[C@H]1CCCCN1C(=O)OC(C)(C)C. The van der Waals surface area contributed by atoms with Crippen molar-refractivity contribution >= 4 is 6.09 Å². The van der Waals surface area contributed by atoms with Gasteiger partial charge in [-0.3, -0.25) is 9.88 Å². The summed E-state index contributed by atoms with van der Waals surface area (Å²) < 4.78 is 10.8. The molecule has 1 aromatic rings. The summed E-state index contributed by atoms with van der Waals surface area (Å²) >= 11 is 0. The molecule has 7 nitrogen and oxygen atoms in total. The van der Waals surface area contributed by atoms with Gasteiger partial charge in [0.05, 0.1) is 7.11 Å². The van der Waals surface area contributed by atoms with E-state index in [0.717, 1.165) is 38.0 Å². The van der Waals surface area contributed by atoms with Gasteiger partial charge < -0.3 is 14.4 Å². The molecule has 0 aliphatic carbocycles. The number of likely N-dealkylation sites (tertiary alicyclic amines) is 1. The first-order valence-corrected chi connectivity index (χ1v) is 8.82. The van der Waals surface area contributed by atoms with Crippen LogP contribution in [0.2, 0.25) is 0 Å². The van der Waals surface area contributed by atoms with Crippen LogP contribution in [0.15, 0.2) is 12.4 Å². The van der Waals surface area contributed by atoms with Gasteiger partial charge in [-0.2, -0.15) is 0 Å². The lowest BCUT2D eigenvalue weighted by atomic mass is 10.0. The fraction of sp³-hybridized carbons (Fsp3) is 0.722. The van der Waals surface area contributed by atoms with Crippen LogP contribution in [0.3, 0.4) is 0 Å². The van der Waals surface area contributed by atoms with E-state index in [2.05, 4.69) is 14.9 Å². The smallest absolute Gasteiger partial charge is 0.410 e. The van der Waals surface area contributed by atoms with E-state index in [1.165, 1.54) is 0 Å². The van der Waals surface area contributed by atoms with E-state index in [9.17, 15) is 4.79 Å². The standard InChI is InChI=1S/C18H30N4O3/c1-18(2,3)25-17(23)22-11-7-6-8-14(22)12-21(4)13-15-16(24-5)20-10-9-19-15/h9-10,14H,6-8,11-13H2,1-5H3/t14-/m1/s1. The van der Waals surface area contributed by atoms with E-state index in [1.807, 2.05) is 32.7 Å². The molecule has 1 amide bonds. The van der Waals surface area contributed by atoms with Crippen LogP contribution in [-0.4, -0.2) is 64.8 Å². The molecule has 1 aromatic heterocycles. The number of carbonyl (C=O) groups excluding carboxylic acids is 1. The van der Waals surface area contributed by atoms with E-state index in [-0.39, 0.29) is 12.1 Å². The van der Waals surface area contributed by atoms with Crippen molar-refractivity contribution in [1.82, 2.24) is 19.8 Å². The number of hydrogen-bond donors (Lipinski definition) is 0. The van der Waals surface area contributed by atoms with Crippen LogP contribution >= 0.6 is 0 Å². The quantitative estimate of drug-likeness (QED) is 0.813. The number of nitrogens with zero attached hydrogens (tertiary/aromatic N) is 4. The minimum Gasteiger partial charge on any atom is -0.480 e. The zero-order chi connectivity index (χ0) is 18.4. The van der Waals surface area contributed by atoms with Gasteiger partial charge in [0, 0.05) is 38.1 Å². The molecule has 1 aliphatic rings. The van der Waals surface area contributed by atoms with Crippen LogP contribution in [0.25, 0.3) is 0 Å². The first-order chi connectivity index (χ1) is 11.8. The maximum absolute atomic E-state index is 12.5. The van der Waals surface area contributed by atoms with E-state index in [1.54, 1.807) is 19.5 Å². The Morgan fingerprint density at radius 1 is 1.32 bits per heavy atom. The number of amides is 1. The van der Waals surface area contributed by atoms with Gasteiger partial charge in [-0.25, -0.2) is 9.78 Å². The molecule has 7 heteroatoms. The largest absolute Gasteiger partial charge is 0.480 e. The van der Waals surface area contributed by atoms with Crippen molar-refractivity contribution in [2.75, 3.05) is 27.2 Å². The van der Waals surface area contributed by atoms with Crippen LogP contribution in [0.5, 0.6) is 5.88 Å². The molecule has 0 spiro atoms. The maximum Gasteiger partial charge on any atom is 0.410 e. The molecule has 2 heterocycles. The lowest BCUT2D eigenvalue weighted by Gasteiger charge is -2.38. The van der Waals surface area contributed by atoms with Crippen molar-refractivity contribution in [3.05, 3.63) is 18.1 Å². The predicted octanol–water partition coefficient (Wildman–Crippen LogP) is 2.71. The zero-order valence-electron chi connectivity index (χ0n) is 16.0. The molecule has 25 heavy (non-hydrogen) atoms. The Bertz CT molecular complexity index is 574. The number of hydrogen-bond acceptors (Lipinski definition) is 6. The Hall–Kier alpha value is -1.89. The number of aromatic nitrogens is 2. The Balaban J connectivity index is 1.99. The van der Waals surface area contributed by atoms with Crippen molar-refractivity contribution in [3.8, 4) is 5.88 Å². The molecule has 1 fully saturated rings. The van der Waals surface area contributed by atoms with Gasteiger partial charge in [0.1, 0.15) is 11.3 Å². The normalized spacial score (nSPS) is 18.3. The third kappa shape index (κ3) is 5.85. The lowest BCUT2D eigenvalue weighted by molar-refractivity contribution is 0.00579. The number of likely N-dealkylation sites (N-methyl/N-ethyl adjacent to an activating group) is 1. The van der Waals surface area contributed by atoms with Crippen molar-refractivity contribution < 1.29 is 14.3 Å². The highest BCUT2D eigenvalue weighted by atomic mass is 16.6. The molecule has 0 aromatic carbocycles. The topological polar surface area (TPSA) is 67.8 Å². The van der Waals surface area contributed by atoms with E-state index >= 15 is 0 Å². The van der Waals surface area contributed by atoms with Crippen LogP contribution < -0.4 is 4.74 Å². The molecular formula is C18H30N4O3. The minimum atomic E-state index is -0.474. The van der Waals surface area contributed by atoms with Gasteiger partial charge in [0.25, 0.3) is 0 Å². The predicted molar refractivity (Wildman–Crippen MR) is 95.5 cm³/mol. The molecule has 1 aliphatic heterocycles. The highest BCUT2D eigenvalue weighted by Gasteiger charge is 2.31.